The van der Waals surface area contributed by atoms with Gasteiger partial charge in [-0.2, -0.15) is 0 Å². The Hall–Kier alpha value is -4.46. The van der Waals surface area contributed by atoms with Gasteiger partial charge in [0.05, 0.1) is 27.8 Å². The average Bonchev–Trinajstić information content (AvgIpc) is 3.27. The maximum Gasteiger partial charge on any atom is 0.262 e. The first-order valence-corrected chi connectivity index (χ1v) is 9.16. The van der Waals surface area contributed by atoms with Gasteiger partial charge in [0.25, 0.3) is 17.4 Å². The number of nitrogens with one attached hydrogen (secondary N) is 2. The Morgan fingerprint density at radius 1 is 0.933 bits per heavy atom. The summed E-state index contributed by atoms with van der Waals surface area (Å²) < 4.78 is 1.21. The van der Waals surface area contributed by atoms with Crippen molar-refractivity contribution in [3.05, 3.63) is 87.5 Å². The Morgan fingerprint density at radius 2 is 1.70 bits per heavy atom. The van der Waals surface area contributed by atoms with Crippen LogP contribution in [0.15, 0.2) is 59.4 Å². The Bertz CT molecular complexity index is 1390. The molecule has 146 valence electrons. The lowest BCUT2D eigenvalue weighted by Crippen LogP contribution is -2.24. The Labute approximate surface area is 169 Å². The highest BCUT2D eigenvalue weighted by atomic mass is 16.2. The predicted molar refractivity (Wildman–Crippen MR) is 113 cm³/mol. The molecule has 8 nitrogen and oxygen atoms in total. The number of nitrogens with zero attached hydrogens (tertiary/aromatic N) is 2. The lowest BCUT2D eigenvalue weighted by atomic mass is 10.1. The van der Waals surface area contributed by atoms with E-state index in [1.54, 1.807) is 12.1 Å². The lowest BCUT2D eigenvalue weighted by molar-refractivity contribution is 0.0880. The number of carbonyl (C=O) groups excluding carboxylic acids is 2. The number of hydrogen-bond acceptors (Lipinski definition) is 5. The van der Waals surface area contributed by atoms with Crippen molar-refractivity contribution in [3.8, 4) is 5.69 Å². The molecule has 8 heteroatoms. The van der Waals surface area contributed by atoms with Crippen molar-refractivity contribution in [2.24, 2.45) is 0 Å². The average molecular weight is 397 g/mol. The number of imidazole rings is 1. The standard InChI is InChI=1S/C22H15N5O3/c23-20-19-14(21(29)26-22(19)30)11-18(28)27(20)13-8-5-12(6-9-13)7-10-17-24-15-3-1-2-4-16(15)25-17/h1-11H,23H2,(H,24,25)(H,26,29,30). The molecule has 2 aromatic heterocycles. The van der Waals surface area contributed by atoms with Gasteiger partial charge in [-0.25, -0.2) is 4.98 Å². The van der Waals surface area contributed by atoms with Crippen molar-refractivity contribution in [1.29, 1.82) is 0 Å². The number of carbonyl (C=O) groups is 2. The number of hydrogen-bond donors (Lipinski definition) is 3. The monoisotopic (exact) mass is 397 g/mol. The number of imide groups is 1. The van der Waals surface area contributed by atoms with Gasteiger partial charge in [-0.15, -0.1) is 0 Å². The van der Waals surface area contributed by atoms with Gasteiger partial charge in [0, 0.05) is 6.07 Å². The second-order valence-corrected chi connectivity index (χ2v) is 6.84. The molecule has 2 amide bonds. The number of para-hydroxylation sites is 2. The molecular formula is C22H15N5O3. The van der Waals surface area contributed by atoms with Gasteiger partial charge < -0.3 is 10.7 Å². The van der Waals surface area contributed by atoms with E-state index in [-0.39, 0.29) is 16.9 Å². The quantitative estimate of drug-likeness (QED) is 0.458. The summed E-state index contributed by atoms with van der Waals surface area (Å²) in [5, 5.41) is 2.15. The number of anilines is 1. The number of aromatic amines is 1. The molecule has 0 aliphatic carbocycles. The zero-order valence-corrected chi connectivity index (χ0v) is 15.5. The minimum Gasteiger partial charge on any atom is -0.384 e. The van der Waals surface area contributed by atoms with E-state index >= 15 is 0 Å². The molecule has 2 aromatic carbocycles. The fraction of sp³-hybridized carbons (Fsp3) is 0. The highest BCUT2D eigenvalue weighted by Gasteiger charge is 2.31. The largest absolute Gasteiger partial charge is 0.384 e. The summed E-state index contributed by atoms with van der Waals surface area (Å²) in [5.41, 5.74) is 8.83. The first-order chi connectivity index (χ1) is 14.5. The Kier molecular flexibility index (Phi) is 3.85. The van der Waals surface area contributed by atoms with Gasteiger partial charge in [0.1, 0.15) is 11.6 Å². The molecule has 4 aromatic rings. The lowest BCUT2D eigenvalue weighted by Gasteiger charge is -2.12. The number of nitrogen functional groups attached to an aromatic ring is 1. The highest BCUT2D eigenvalue weighted by molar-refractivity contribution is 6.23. The topological polar surface area (TPSA) is 123 Å². The van der Waals surface area contributed by atoms with Crippen molar-refractivity contribution in [1.82, 2.24) is 19.9 Å². The molecule has 0 unspecified atom stereocenters. The van der Waals surface area contributed by atoms with Crippen LogP contribution in [0.2, 0.25) is 0 Å². The van der Waals surface area contributed by atoms with E-state index in [4.69, 9.17) is 5.73 Å². The predicted octanol–water partition coefficient (Wildman–Crippen LogP) is 2.35. The first-order valence-electron chi connectivity index (χ1n) is 9.16. The van der Waals surface area contributed by atoms with Crippen LogP contribution in [0.3, 0.4) is 0 Å². The molecule has 30 heavy (non-hydrogen) atoms. The number of pyridine rings is 1. The number of H-pyrrole nitrogens is 1. The number of rotatable bonds is 3. The van der Waals surface area contributed by atoms with Crippen LogP contribution in [0.25, 0.3) is 28.9 Å². The van der Waals surface area contributed by atoms with Crippen molar-refractivity contribution < 1.29 is 9.59 Å². The second-order valence-electron chi connectivity index (χ2n) is 6.84. The van der Waals surface area contributed by atoms with Crippen LogP contribution in [0.4, 0.5) is 5.82 Å². The van der Waals surface area contributed by atoms with Crippen molar-refractivity contribution in [2.75, 3.05) is 5.73 Å². The molecule has 5 rings (SSSR count). The summed E-state index contributed by atoms with van der Waals surface area (Å²) in [7, 11) is 0. The van der Waals surface area contributed by atoms with E-state index in [0.717, 1.165) is 28.5 Å². The van der Waals surface area contributed by atoms with Crippen LogP contribution in [0, 0.1) is 0 Å². The molecule has 3 heterocycles. The summed E-state index contributed by atoms with van der Waals surface area (Å²) in [6.07, 6.45) is 3.75. The fourth-order valence-corrected chi connectivity index (χ4v) is 3.51. The van der Waals surface area contributed by atoms with E-state index in [2.05, 4.69) is 15.3 Å². The van der Waals surface area contributed by atoms with Crippen molar-refractivity contribution in [2.45, 2.75) is 0 Å². The third-order valence-corrected chi connectivity index (χ3v) is 4.95. The molecule has 0 bridgehead atoms. The molecule has 0 spiro atoms. The minimum absolute atomic E-state index is 0.00383. The van der Waals surface area contributed by atoms with Crippen LogP contribution in [-0.4, -0.2) is 26.3 Å². The zero-order chi connectivity index (χ0) is 20.8. The van der Waals surface area contributed by atoms with Gasteiger partial charge >= 0.3 is 0 Å². The summed E-state index contributed by atoms with van der Waals surface area (Å²) in [6.45, 7) is 0. The van der Waals surface area contributed by atoms with Gasteiger partial charge in [0.2, 0.25) is 0 Å². The van der Waals surface area contributed by atoms with Crippen LogP contribution >= 0.6 is 0 Å². The SMILES string of the molecule is Nc1c2c(cc(=O)n1-c1ccc(C=Cc3nc4ccccc4[nH]3)cc1)C(=O)NC2=O. The molecule has 0 fully saturated rings. The summed E-state index contributed by atoms with van der Waals surface area (Å²) in [5.74, 6) is -0.551. The summed E-state index contributed by atoms with van der Waals surface area (Å²) in [6, 6.07) is 16.0. The number of nitrogens with two attached hydrogens (primary N) is 1. The van der Waals surface area contributed by atoms with Gasteiger partial charge in [-0.3, -0.25) is 24.3 Å². The molecule has 1 aliphatic rings. The van der Waals surface area contributed by atoms with Crippen molar-refractivity contribution >= 4 is 40.8 Å². The summed E-state index contributed by atoms with van der Waals surface area (Å²) >= 11 is 0. The molecule has 0 saturated carbocycles. The number of fused-ring (bicyclic) bond motifs is 2. The number of aromatic nitrogens is 3. The number of benzene rings is 2. The van der Waals surface area contributed by atoms with E-state index < -0.39 is 17.4 Å². The molecule has 1 aliphatic heterocycles. The van der Waals surface area contributed by atoms with Gasteiger partial charge in [-0.05, 0) is 35.9 Å². The molecule has 0 atom stereocenters. The molecule has 0 radical (unpaired) electrons. The van der Waals surface area contributed by atoms with E-state index in [0.29, 0.717) is 5.69 Å². The molecular weight excluding hydrogens is 382 g/mol. The van der Waals surface area contributed by atoms with Crippen molar-refractivity contribution in [3.63, 3.8) is 0 Å². The van der Waals surface area contributed by atoms with Crippen LogP contribution in [0.1, 0.15) is 32.1 Å². The third-order valence-electron chi connectivity index (χ3n) is 4.95. The normalized spacial score (nSPS) is 13.2. The van der Waals surface area contributed by atoms with Crippen LogP contribution < -0.4 is 16.6 Å². The third kappa shape index (κ3) is 2.78. The Morgan fingerprint density at radius 3 is 2.47 bits per heavy atom. The van der Waals surface area contributed by atoms with E-state index in [9.17, 15) is 14.4 Å². The van der Waals surface area contributed by atoms with E-state index in [1.165, 1.54) is 4.57 Å². The highest BCUT2D eigenvalue weighted by Crippen LogP contribution is 2.23. The maximum atomic E-state index is 12.5. The Balaban J connectivity index is 1.47. The summed E-state index contributed by atoms with van der Waals surface area (Å²) in [4.78, 5) is 44.0. The maximum absolute atomic E-state index is 12.5. The minimum atomic E-state index is -0.614. The second kappa shape index (κ2) is 6.56. The van der Waals surface area contributed by atoms with E-state index in [1.807, 2.05) is 48.6 Å². The smallest absolute Gasteiger partial charge is 0.262 e. The van der Waals surface area contributed by atoms with Crippen LogP contribution in [0.5, 0.6) is 0 Å². The zero-order valence-electron chi connectivity index (χ0n) is 15.5. The fourth-order valence-electron chi connectivity index (χ4n) is 3.51. The van der Waals surface area contributed by atoms with Gasteiger partial charge in [0.15, 0.2) is 0 Å². The van der Waals surface area contributed by atoms with Gasteiger partial charge in [-0.1, -0.05) is 30.3 Å². The molecule has 4 N–H and O–H groups in total. The number of amides is 2. The van der Waals surface area contributed by atoms with Crippen LogP contribution in [-0.2, 0) is 0 Å². The first kappa shape index (κ1) is 17.6. The molecule has 0 saturated heterocycles.